The number of amides is 3. The third-order valence-electron chi connectivity index (χ3n) is 6.52. The van der Waals surface area contributed by atoms with Gasteiger partial charge in [-0.25, -0.2) is 0 Å². The highest BCUT2D eigenvalue weighted by atomic mass is 16.2. The monoisotopic (exact) mass is 433 g/mol. The summed E-state index contributed by atoms with van der Waals surface area (Å²) in [6, 6.07) is 14.1. The van der Waals surface area contributed by atoms with E-state index in [1.54, 1.807) is 35.2 Å². The van der Waals surface area contributed by atoms with Gasteiger partial charge < -0.3 is 15.5 Å². The van der Waals surface area contributed by atoms with E-state index in [0.717, 1.165) is 37.7 Å². The van der Waals surface area contributed by atoms with E-state index >= 15 is 0 Å². The molecule has 0 spiro atoms. The van der Waals surface area contributed by atoms with Gasteiger partial charge in [0, 0.05) is 29.4 Å². The van der Waals surface area contributed by atoms with Crippen LogP contribution in [-0.4, -0.2) is 41.2 Å². The van der Waals surface area contributed by atoms with E-state index in [4.69, 9.17) is 0 Å². The molecular weight excluding hydrogens is 402 g/mol. The number of nitrogens with zero attached hydrogens (tertiary/aromatic N) is 1. The first-order valence-electron chi connectivity index (χ1n) is 11.6. The Kier molecular flexibility index (Phi) is 6.88. The molecule has 3 amide bonds. The third-order valence-corrected chi connectivity index (χ3v) is 6.52. The van der Waals surface area contributed by atoms with E-state index in [-0.39, 0.29) is 23.8 Å². The number of hydrogen-bond acceptors (Lipinski definition) is 3. The molecule has 6 heteroatoms. The predicted molar refractivity (Wildman–Crippen MR) is 125 cm³/mol. The number of carbonyl (C=O) groups is 3. The summed E-state index contributed by atoms with van der Waals surface area (Å²) in [5, 5.41) is 6.05. The minimum absolute atomic E-state index is 0.0354. The van der Waals surface area contributed by atoms with Crippen LogP contribution >= 0.6 is 0 Å². The molecule has 32 heavy (non-hydrogen) atoms. The van der Waals surface area contributed by atoms with Crippen molar-refractivity contribution < 1.29 is 14.4 Å². The Labute approximate surface area is 189 Å². The van der Waals surface area contributed by atoms with Crippen LogP contribution in [0.25, 0.3) is 0 Å². The van der Waals surface area contributed by atoms with Crippen LogP contribution in [0.4, 0.5) is 5.69 Å². The van der Waals surface area contributed by atoms with Crippen LogP contribution in [0.1, 0.15) is 71.2 Å². The quantitative estimate of drug-likeness (QED) is 0.738. The molecule has 1 aliphatic heterocycles. The van der Waals surface area contributed by atoms with Crippen molar-refractivity contribution >= 4 is 23.4 Å². The predicted octanol–water partition coefficient (Wildman–Crippen LogP) is 4.30. The highest BCUT2D eigenvalue weighted by Crippen LogP contribution is 2.24. The molecule has 2 N–H and O–H groups in total. The molecule has 1 aliphatic carbocycles. The number of nitrogens with one attached hydrogen (secondary N) is 2. The zero-order valence-electron chi connectivity index (χ0n) is 18.6. The van der Waals surface area contributed by atoms with Crippen molar-refractivity contribution in [3.8, 4) is 0 Å². The van der Waals surface area contributed by atoms with Gasteiger partial charge in [-0.3, -0.25) is 14.4 Å². The van der Waals surface area contributed by atoms with Crippen LogP contribution in [0.5, 0.6) is 0 Å². The molecular formula is C26H31N3O3. The van der Waals surface area contributed by atoms with Gasteiger partial charge in [0.05, 0.1) is 0 Å². The van der Waals surface area contributed by atoms with E-state index < -0.39 is 6.04 Å². The smallest absolute Gasteiger partial charge is 0.255 e. The van der Waals surface area contributed by atoms with Crippen LogP contribution in [0.3, 0.4) is 0 Å². The summed E-state index contributed by atoms with van der Waals surface area (Å²) in [6.45, 7) is 2.46. The molecule has 0 aromatic heterocycles. The number of carbonyl (C=O) groups excluding carboxylic acids is 3. The topological polar surface area (TPSA) is 78.5 Å². The number of rotatable bonds is 5. The molecule has 6 nitrogen and oxygen atoms in total. The van der Waals surface area contributed by atoms with Crippen molar-refractivity contribution in [3.63, 3.8) is 0 Å². The van der Waals surface area contributed by atoms with E-state index in [2.05, 4.69) is 10.6 Å². The molecule has 2 aliphatic rings. The molecule has 4 rings (SSSR count). The lowest BCUT2D eigenvalue weighted by molar-refractivity contribution is -0.125. The Hall–Kier alpha value is -3.15. The molecule has 168 valence electrons. The van der Waals surface area contributed by atoms with Gasteiger partial charge in [-0.15, -0.1) is 0 Å². The summed E-state index contributed by atoms with van der Waals surface area (Å²) in [7, 11) is 0. The molecule has 0 bridgehead atoms. The second-order valence-electron chi connectivity index (χ2n) is 8.85. The fourth-order valence-corrected chi connectivity index (χ4v) is 4.75. The maximum absolute atomic E-state index is 13.2. The van der Waals surface area contributed by atoms with Crippen molar-refractivity contribution in [2.45, 2.75) is 64.0 Å². The first kappa shape index (κ1) is 22.1. The Bertz CT molecular complexity index is 997. The van der Waals surface area contributed by atoms with Gasteiger partial charge in [-0.1, -0.05) is 43.5 Å². The number of benzene rings is 2. The number of anilines is 1. The molecule has 1 atom stereocenters. The number of hydrogen-bond donors (Lipinski definition) is 2. The Morgan fingerprint density at radius 1 is 0.906 bits per heavy atom. The second kappa shape index (κ2) is 9.98. The summed E-state index contributed by atoms with van der Waals surface area (Å²) in [5.74, 6) is -0.413. The molecule has 0 radical (unpaired) electrons. The van der Waals surface area contributed by atoms with Crippen molar-refractivity contribution in [1.29, 1.82) is 0 Å². The number of likely N-dealkylation sites (tertiary alicyclic amines) is 1. The molecule has 2 fully saturated rings. The summed E-state index contributed by atoms with van der Waals surface area (Å²) in [6.07, 6.45) is 7.09. The molecule has 1 unspecified atom stereocenters. The zero-order valence-corrected chi connectivity index (χ0v) is 18.6. The van der Waals surface area contributed by atoms with Crippen molar-refractivity contribution in [2.24, 2.45) is 0 Å². The summed E-state index contributed by atoms with van der Waals surface area (Å²) >= 11 is 0. The fourth-order valence-electron chi connectivity index (χ4n) is 4.75. The second-order valence-corrected chi connectivity index (χ2v) is 8.85. The standard InChI is InChI=1S/C26H31N3O3/c1-18-9-5-6-14-22(18)24(30)28-21-13-7-10-19(17-21)26(32)29-16-8-15-23(29)25(31)27-20-11-3-2-4-12-20/h5-7,9-10,13-14,17,20,23H,2-4,8,11-12,15-16H2,1H3,(H,27,31)(H,28,30). The minimum Gasteiger partial charge on any atom is -0.352 e. The van der Waals surface area contributed by atoms with Gasteiger partial charge in [-0.05, 0) is 62.4 Å². The SMILES string of the molecule is Cc1ccccc1C(=O)Nc1cccc(C(=O)N2CCCC2C(=O)NC2CCCCC2)c1. The summed E-state index contributed by atoms with van der Waals surface area (Å²) in [4.78, 5) is 40.5. The highest BCUT2D eigenvalue weighted by molar-refractivity contribution is 6.06. The number of aryl methyl sites for hydroxylation is 1. The van der Waals surface area contributed by atoms with E-state index in [0.29, 0.717) is 29.8 Å². The van der Waals surface area contributed by atoms with Crippen LogP contribution in [0.15, 0.2) is 48.5 Å². The molecule has 1 saturated carbocycles. The van der Waals surface area contributed by atoms with Gasteiger partial charge >= 0.3 is 0 Å². The normalized spacial score (nSPS) is 18.9. The van der Waals surface area contributed by atoms with Crippen LogP contribution in [0, 0.1) is 6.92 Å². The average molecular weight is 434 g/mol. The van der Waals surface area contributed by atoms with E-state index in [1.807, 2.05) is 25.1 Å². The van der Waals surface area contributed by atoms with Crippen LogP contribution in [-0.2, 0) is 4.79 Å². The maximum Gasteiger partial charge on any atom is 0.255 e. The molecule has 1 heterocycles. The van der Waals surface area contributed by atoms with Crippen molar-refractivity contribution in [1.82, 2.24) is 10.2 Å². The lowest BCUT2D eigenvalue weighted by Crippen LogP contribution is -2.49. The molecule has 1 saturated heterocycles. The lowest BCUT2D eigenvalue weighted by atomic mass is 9.95. The Morgan fingerprint density at radius 3 is 2.47 bits per heavy atom. The Balaban J connectivity index is 1.44. The highest BCUT2D eigenvalue weighted by Gasteiger charge is 2.35. The first-order chi connectivity index (χ1) is 15.5. The van der Waals surface area contributed by atoms with Gasteiger partial charge in [-0.2, -0.15) is 0 Å². The van der Waals surface area contributed by atoms with Gasteiger partial charge in [0.2, 0.25) is 5.91 Å². The Morgan fingerprint density at radius 2 is 1.69 bits per heavy atom. The van der Waals surface area contributed by atoms with E-state index in [1.165, 1.54) is 6.42 Å². The molecule has 2 aromatic rings. The third kappa shape index (κ3) is 5.01. The van der Waals surface area contributed by atoms with Crippen LogP contribution in [0.2, 0.25) is 0 Å². The average Bonchev–Trinajstić information content (AvgIpc) is 3.30. The van der Waals surface area contributed by atoms with Crippen molar-refractivity contribution in [3.05, 3.63) is 65.2 Å². The van der Waals surface area contributed by atoms with Crippen LogP contribution < -0.4 is 10.6 Å². The fraction of sp³-hybridized carbons (Fsp3) is 0.423. The summed E-state index contributed by atoms with van der Waals surface area (Å²) in [5.41, 5.74) is 2.53. The van der Waals surface area contributed by atoms with Gasteiger partial charge in [0.1, 0.15) is 6.04 Å². The first-order valence-corrected chi connectivity index (χ1v) is 11.6. The lowest BCUT2D eigenvalue weighted by Gasteiger charge is -2.28. The minimum atomic E-state index is -0.422. The van der Waals surface area contributed by atoms with Gasteiger partial charge in [0.25, 0.3) is 11.8 Å². The molecule has 2 aromatic carbocycles. The van der Waals surface area contributed by atoms with E-state index in [9.17, 15) is 14.4 Å². The zero-order chi connectivity index (χ0) is 22.5. The van der Waals surface area contributed by atoms with Gasteiger partial charge in [0.15, 0.2) is 0 Å². The van der Waals surface area contributed by atoms with Crippen molar-refractivity contribution in [2.75, 3.05) is 11.9 Å². The largest absolute Gasteiger partial charge is 0.352 e. The summed E-state index contributed by atoms with van der Waals surface area (Å²) < 4.78 is 0. The maximum atomic E-state index is 13.2.